The third-order valence-electron chi connectivity index (χ3n) is 3.30. The number of phosphoric ester groups is 1. The average Bonchev–Trinajstić information content (AvgIpc) is 2.53. The normalized spacial score (nSPS) is 13.8. The van der Waals surface area contributed by atoms with Crippen LogP contribution >= 0.6 is 19.6 Å². The van der Waals surface area contributed by atoms with Crippen LogP contribution in [0.4, 0.5) is 0 Å². The minimum absolute atomic E-state index is 0. The van der Waals surface area contributed by atoms with Gasteiger partial charge in [0, 0.05) is 50.0 Å². The number of likely N-dealkylation sites (N-methyl/N-ethyl adjacent to an activating group) is 1. The van der Waals surface area contributed by atoms with Crippen LogP contribution < -0.4 is 4.89 Å². The SMILES string of the molecule is CO[Si]CCCSCC(C)(C)C(=O)OCCOP(=O)([O-])OCC[N+](C)(C)C.[V].[V]. The van der Waals surface area contributed by atoms with Crippen LogP contribution in [0.15, 0.2) is 0 Å². The first-order valence-corrected chi connectivity index (χ1v) is 12.5. The summed E-state index contributed by atoms with van der Waals surface area (Å²) < 4.78 is 31.9. The zero-order valence-corrected chi connectivity index (χ0v) is 23.7. The molecule has 0 saturated heterocycles. The van der Waals surface area contributed by atoms with Crippen molar-refractivity contribution in [1.82, 2.24) is 0 Å². The van der Waals surface area contributed by atoms with Crippen LogP contribution in [-0.4, -0.2) is 86.3 Å². The Balaban J connectivity index is -0.00000338. The van der Waals surface area contributed by atoms with E-state index in [4.69, 9.17) is 18.2 Å². The summed E-state index contributed by atoms with van der Waals surface area (Å²) in [6.07, 6.45) is 1.04. The van der Waals surface area contributed by atoms with Crippen molar-refractivity contribution in [3.05, 3.63) is 0 Å². The molecule has 0 rings (SSSR count). The molecule has 0 amide bonds. The fourth-order valence-corrected chi connectivity index (χ4v) is 4.26. The third kappa shape index (κ3) is 20.9. The molecule has 0 heterocycles. The van der Waals surface area contributed by atoms with Crippen molar-refractivity contribution >= 4 is 35.3 Å². The topological polar surface area (TPSA) is 94.1 Å². The second-order valence-electron chi connectivity index (χ2n) is 7.65. The first-order chi connectivity index (χ1) is 12.4. The summed E-state index contributed by atoms with van der Waals surface area (Å²) in [5, 5.41) is 0. The summed E-state index contributed by atoms with van der Waals surface area (Å²) in [6.45, 7) is 3.81. The standard InChI is InChI=1S/C16H34NO7PSSi.2V/c1-16(2,14-26-12-7-13-27-21-6)15(18)22-10-11-24-25(19,20)23-9-8-17(3,4)5;;/h7-14H2,1-6H3;;. The predicted molar refractivity (Wildman–Crippen MR) is 107 cm³/mol. The molecule has 0 aliphatic heterocycles. The monoisotopic (exact) mass is 545 g/mol. The average molecular weight is 545 g/mol. The maximum Gasteiger partial charge on any atom is 0.312 e. The van der Waals surface area contributed by atoms with Gasteiger partial charge in [-0.15, -0.1) is 0 Å². The third-order valence-corrected chi connectivity index (χ3v) is 6.65. The predicted octanol–water partition coefficient (Wildman–Crippen LogP) is 1.57. The number of thioether (sulfide) groups is 1. The van der Waals surface area contributed by atoms with Crippen LogP contribution in [0.2, 0.25) is 6.04 Å². The number of ether oxygens (including phenoxy) is 1. The van der Waals surface area contributed by atoms with Crippen LogP contribution in [0.5, 0.6) is 0 Å². The van der Waals surface area contributed by atoms with Gasteiger partial charge in [-0.25, -0.2) is 0 Å². The van der Waals surface area contributed by atoms with Crippen LogP contribution in [0.1, 0.15) is 20.3 Å². The molecule has 0 bridgehead atoms. The maximum absolute atomic E-state index is 12.1. The number of carbonyl (C=O) groups is 1. The Hall–Kier alpha value is 1.24. The fourth-order valence-electron chi connectivity index (χ4n) is 1.68. The van der Waals surface area contributed by atoms with Crippen molar-refractivity contribution in [3.63, 3.8) is 0 Å². The van der Waals surface area contributed by atoms with Crippen molar-refractivity contribution < 1.29 is 74.1 Å². The number of quaternary nitrogens is 1. The van der Waals surface area contributed by atoms with Gasteiger partial charge in [0.25, 0.3) is 7.82 Å². The maximum atomic E-state index is 12.1. The van der Waals surface area contributed by atoms with Crippen LogP contribution in [0.3, 0.4) is 0 Å². The zero-order chi connectivity index (χ0) is 21.0. The second kappa shape index (κ2) is 17.8. The summed E-state index contributed by atoms with van der Waals surface area (Å²) >= 11 is 1.69. The van der Waals surface area contributed by atoms with Crippen molar-refractivity contribution in [1.29, 1.82) is 0 Å². The minimum Gasteiger partial charge on any atom is -0.756 e. The van der Waals surface area contributed by atoms with Crippen LogP contribution in [0, 0.1) is 5.41 Å². The van der Waals surface area contributed by atoms with Gasteiger partial charge in [-0.1, -0.05) is 0 Å². The molecule has 0 N–H and O–H groups in total. The Kier molecular flexibility index (Phi) is 21.3. The molecule has 1 unspecified atom stereocenters. The molecule has 0 aliphatic carbocycles. The van der Waals surface area contributed by atoms with E-state index in [0.29, 0.717) is 26.5 Å². The Morgan fingerprint density at radius 2 is 1.72 bits per heavy atom. The molecule has 13 heteroatoms. The number of hydrogen-bond acceptors (Lipinski definition) is 8. The van der Waals surface area contributed by atoms with Gasteiger partial charge in [0.05, 0.1) is 33.2 Å². The molecule has 0 saturated carbocycles. The second-order valence-corrected chi connectivity index (χ2v) is 11.4. The smallest absolute Gasteiger partial charge is 0.312 e. The number of esters is 1. The van der Waals surface area contributed by atoms with Gasteiger partial charge in [-0.3, -0.25) is 9.36 Å². The van der Waals surface area contributed by atoms with Crippen molar-refractivity contribution in [2.45, 2.75) is 26.3 Å². The molecule has 0 aromatic heterocycles. The molecule has 0 spiro atoms. The van der Waals surface area contributed by atoms with E-state index in [1.165, 1.54) is 0 Å². The molecule has 0 aromatic carbocycles. The molecule has 29 heavy (non-hydrogen) atoms. The number of carbonyl (C=O) groups excluding carboxylic acids is 1. The number of phosphoric acid groups is 1. The minimum atomic E-state index is -4.38. The number of hydrogen-bond donors (Lipinski definition) is 0. The Bertz CT molecular complexity index is 485. The van der Waals surface area contributed by atoms with Crippen molar-refractivity contribution in [3.8, 4) is 0 Å². The summed E-state index contributed by atoms with van der Waals surface area (Å²) in [5.74, 6) is 1.22. The number of nitrogens with zero attached hydrogens (tertiary/aromatic N) is 1. The van der Waals surface area contributed by atoms with E-state index in [-0.39, 0.29) is 62.9 Å². The van der Waals surface area contributed by atoms with Gasteiger partial charge in [0.15, 0.2) is 0 Å². The van der Waals surface area contributed by atoms with Gasteiger partial charge in [0.2, 0.25) is 9.76 Å². The number of rotatable bonds is 16. The molecule has 170 valence electrons. The molecule has 8 nitrogen and oxygen atoms in total. The summed E-state index contributed by atoms with van der Waals surface area (Å²) in [6, 6.07) is 1.03. The van der Waals surface area contributed by atoms with E-state index in [1.807, 2.05) is 35.0 Å². The molecule has 0 fully saturated rings. The van der Waals surface area contributed by atoms with E-state index in [9.17, 15) is 14.3 Å². The van der Waals surface area contributed by atoms with E-state index < -0.39 is 13.2 Å². The van der Waals surface area contributed by atoms with E-state index >= 15 is 0 Å². The summed E-state index contributed by atoms with van der Waals surface area (Å²) in [5.41, 5.74) is -0.642. The molecule has 0 aromatic rings. The van der Waals surface area contributed by atoms with Crippen LogP contribution in [0.25, 0.3) is 0 Å². The van der Waals surface area contributed by atoms with Gasteiger partial charge in [0.1, 0.15) is 19.8 Å². The molecular formula is C16H34NO7PSSiV2. The zero-order valence-electron chi connectivity index (χ0n) is 18.2. The molecule has 4 radical (unpaired) electrons. The van der Waals surface area contributed by atoms with E-state index in [0.717, 1.165) is 18.2 Å². The first kappa shape index (κ1) is 34.8. The van der Waals surface area contributed by atoms with E-state index in [2.05, 4.69) is 0 Å². The van der Waals surface area contributed by atoms with Gasteiger partial charge in [-0.2, -0.15) is 11.8 Å². The Morgan fingerprint density at radius 3 is 2.28 bits per heavy atom. The van der Waals surface area contributed by atoms with Crippen LogP contribution in [-0.2, 0) is 64.7 Å². The summed E-state index contributed by atoms with van der Waals surface area (Å²) in [4.78, 5) is 23.8. The largest absolute Gasteiger partial charge is 0.756 e. The fraction of sp³-hybridized carbons (Fsp3) is 0.938. The molecule has 1 atom stereocenters. The molecule has 0 aliphatic rings. The first-order valence-electron chi connectivity index (χ1n) is 8.81. The summed E-state index contributed by atoms with van der Waals surface area (Å²) in [7, 11) is 3.63. The van der Waals surface area contributed by atoms with Gasteiger partial charge < -0.3 is 27.6 Å². The molecular weight excluding hydrogens is 511 g/mol. The quantitative estimate of drug-likeness (QED) is 0.0949. The van der Waals surface area contributed by atoms with Gasteiger partial charge in [-0.05, 0) is 32.1 Å². The van der Waals surface area contributed by atoms with Gasteiger partial charge >= 0.3 is 5.97 Å². The van der Waals surface area contributed by atoms with Crippen molar-refractivity contribution in [2.75, 3.05) is 66.1 Å². The Labute approximate surface area is 206 Å². The van der Waals surface area contributed by atoms with Crippen molar-refractivity contribution in [2.24, 2.45) is 5.41 Å². The van der Waals surface area contributed by atoms with E-state index in [1.54, 1.807) is 18.9 Å². The Morgan fingerprint density at radius 1 is 1.14 bits per heavy atom.